The van der Waals surface area contributed by atoms with E-state index in [9.17, 15) is 9.18 Å². The third-order valence-electron chi connectivity index (χ3n) is 4.25. The topological polar surface area (TPSA) is 58.7 Å². The molecule has 1 aliphatic heterocycles. The van der Waals surface area contributed by atoms with E-state index in [0.29, 0.717) is 35.9 Å². The molecule has 0 unspecified atom stereocenters. The van der Waals surface area contributed by atoms with Gasteiger partial charge in [0, 0.05) is 25.1 Å². The number of amides is 1. The van der Waals surface area contributed by atoms with Crippen LogP contribution in [-0.4, -0.2) is 36.2 Å². The maximum Gasteiger partial charge on any atom is 0.267 e. The van der Waals surface area contributed by atoms with Gasteiger partial charge in [0.2, 0.25) is 0 Å². The van der Waals surface area contributed by atoms with E-state index in [2.05, 4.69) is 30.7 Å². The number of nitrogens with zero attached hydrogens (tertiary/aromatic N) is 2. The van der Waals surface area contributed by atoms with Crippen molar-refractivity contribution in [2.75, 3.05) is 19.6 Å². The molecule has 0 radical (unpaired) electrons. The van der Waals surface area contributed by atoms with E-state index in [-0.39, 0.29) is 5.82 Å². The summed E-state index contributed by atoms with van der Waals surface area (Å²) in [5.41, 5.74) is 7.74. The van der Waals surface area contributed by atoms with Gasteiger partial charge in [-0.2, -0.15) is 0 Å². The second-order valence-corrected chi connectivity index (χ2v) is 7.01. The highest BCUT2D eigenvalue weighted by atomic mass is 19.1. The summed E-state index contributed by atoms with van der Waals surface area (Å²) in [4.78, 5) is 18.5. The van der Waals surface area contributed by atoms with E-state index in [1.165, 1.54) is 6.07 Å². The van der Waals surface area contributed by atoms with Crippen LogP contribution in [-0.2, 0) is 4.79 Å². The van der Waals surface area contributed by atoms with Gasteiger partial charge in [-0.05, 0) is 30.5 Å². The monoisotopic (exact) mass is 345 g/mol. The summed E-state index contributed by atoms with van der Waals surface area (Å²) in [5, 5.41) is 0. The first kappa shape index (κ1) is 19.3. The number of primary amides is 1. The summed E-state index contributed by atoms with van der Waals surface area (Å²) in [6, 6.07) is 6.52. The first-order valence-corrected chi connectivity index (χ1v) is 8.99. The van der Waals surface area contributed by atoms with Gasteiger partial charge in [0.1, 0.15) is 11.5 Å². The molecule has 0 aromatic heterocycles. The Morgan fingerprint density at radius 1 is 1.36 bits per heavy atom. The van der Waals surface area contributed by atoms with E-state index >= 15 is 0 Å². The lowest BCUT2D eigenvalue weighted by atomic mass is 10.0. The van der Waals surface area contributed by atoms with Crippen molar-refractivity contribution < 1.29 is 9.18 Å². The first-order valence-electron chi connectivity index (χ1n) is 8.99. The lowest BCUT2D eigenvalue weighted by molar-refractivity contribution is -0.114. The van der Waals surface area contributed by atoms with Gasteiger partial charge in [0.05, 0.1) is 5.71 Å². The Hall–Kier alpha value is -2.01. The number of carbonyl (C=O) groups excluding carboxylic acids is 1. The lowest BCUT2D eigenvalue weighted by Gasteiger charge is -2.25. The molecular formula is C20H28FN3O. The summed E-state index contributed by atoms with van der Waals surface area (Å²) in [6.45, 7) is 9.09. The minimum absolute atomic E-state index is 0.295. The molecule has 2 rings (SSSR count). The molecule has 2 N–H and O–H groups in total. The van der Waals surface area contributed by atoms with E-state index in [1.54, 1.807) is 18.2 Å². The van der Waals surface area contributed by atoms with Gasteiger partial charge in [-0.1, -0.05) is 45.4 Å². The number of rotatable bonds is 9. The average Bonchev–Trinajstić information content (AvgIpc) is 2.96. The molecule has 25 heavy (non-hydrogen) atoms. The number of carbonyl (C=O) groups is 1. The zero-order chi connectivity index (χ0) is 18.4. The number of aliphatic imine (C=N–C) groups is 1. The Kier molecular flexibility index (Phi) is 6.88. The third-order valence-corrected chi connectivity index (χ3v) is 4.25. The zero-order valence-corrected chi connectivity index (χ0v) is 15.4. The number of hydrogen-bond acceptors (Lipinski definition) is 3. The predicted molar refractivity (Wildman–Crippen MR) is 100.0 cm³/mol. The van der Waals surface area contributed by atoms with Crippen molar-refractivity contribution in [1.29, 1.82) is 0 Å². The smallest absolute Gasteiger partial charge is 0.267 e. The number of unbranched alkanes of at least 4 members (excludes halogenated alkanes) is 1. The van der Waals surface area contributed by atoms with E-state index in [1.807, 2.05) is 0 Å². The van der Waals surface area contributed by atoms with Crippen LogP contribution in [0.5, 0.6) is 0 Å². The molecule has 1 heterocycles. The van der Waals surface area contributed by atoms with Crippen molar-refractivity contribution in [2.45, 2.75) is 40.0 Å². The molecule has 5 heteroatoms. The van der Waals surface area contributed by atoms with Crippen LogP contribution in [0.25, 0.3) is 0 Å². The normalized spacial score (nSPS) is 14.6. The molecule has 0 fully saturated rings. The molecule has 1 aromatic carbocycles. The second kappa shape index (κ2) is 8.90. The molecule has 4 nitrogen and oxygen atoms in total. The maximum absolute atomic E-state index is 14.1. The van der Waals surface area contributed by atoms with Crippen LogP contribution in [0.1, 0.15) is 45.6 Å². The fraction of sp³-hybridized carbons (Fsp3) is 0.500. The number of benzene rings is 1. The second-order valence-electron chi connectivity index (χ2n) is 7.01. The van der Waals surface area contributed by atoms with Crippen LogP contribution in [0.2, 0.25) is 0 Å². The molecule has 1 aromatic rings. The standard InChI is InChI=1S/C20H28FN3O/c1-4-5-10-24(12-14(2)3)13-15-11-18(23-19(15)20(22)25)16-8-6-7-9-17(16)21/h6-9,14H,4-5,10-13H2,1-3H3,(H2,22,25). The number of nitrogens with two attached hydrogens (primary N) is 1. The Balaban J connectivity index is 2.20. The van der Waals surface area contributed by atoms with Crippen LogP contribution in [0.15, 0.2) is 40.5 Å². The highest BCUT2D eigenvalue weighted by Crippen LogP contribution is 2.26. The minimum atomic E-state index is -0.540. The highest BCUT2D eigenvalue weighted by molar-refractivity contribution is 6.09. The Labute approximate surface area is 149 Å². The molecule has 0 saturated heterocycles. The Bertz CT molecular complexity index is 679. The van der Waals surface area contributed by atoms with Crippen molar-refractivity contribution >= 4 is 11.6 Å². The van der Waals surface area contributed by atoms with Crippen LogP contribution in [0.4, 0.5) is 4.39 Å². The molecule has 0 aliphatic carbocycles. The third kappa shape index (κ3) is 5.23. The largest absolute Gasteiger partial charge is 0.364 e. The van der Waals surface area contributed by atoms with Crippen LogP contribution in [0.3, 0.4) is 0 Å². The summed E-state index contributed by atoms with van der Waals surface area (Å²) in [5.74, 6) is -0.333. The van der Waals surface area contributed by atoms with E-state index in [4.69, 9.17) is 5.73 Å². The van der Waals surface area contributed by atoms with Crippen molar-refractivity contribution in [3.63, 3.8) is 0 Å². The fourth-order valence-electron chi connectivity index (χ4n) is 3.15. The van der Waals surface area contributed by atoms with Gasteiger partial charge in [0.15, 0.2) is 0 Å². The maximum atomic E-state index is 14.1. The van der Waals surface area contributed by atoms with Gasteiger partial charge < -0.3 is 5.73 Å². The van der Waals surface area contributed by atoms with E-state index in [0.717, 1.165) is 31.5 Å². The minimum Gasteiger partial charge on any atom is -0.364 e. The van der Waals surface area contributed by atoms with Crippen molar-refractivity contribution in [1.82, 2.24) is 4.90 Å². The van der Waals surface area contributed by atoms with Gasteiger partial charge in [-0.15, -0.1) is 0 Å². The number of halogens is 1. The summed E-state index contributed by atoms with van der Waals surface area (Å²) >= 11 is 0. The van der Waals surface area contributed by atoms with Gasteiger partial charge in [0.25, 0.3) is 5.91 Å². The molecular weight excluding hydrogens is 317 g/mol. The van der Waals surface area contributed by atoms with Crippen molar-refractivity contribution in [3.8, 4) is 0 Å². The quantitative estimate of drug-likeness (QED) is 0.744. The molecule has 0 bridgehead atoms. The van der Waals surface area contributed by atoms with Crippen molar-refractivity contribution in [3.05, 3.63) is 46.9 Å². The Morgan fingerprint density at radius 3 is 2.68 bits per heavy atom. The van der Waals surface area contributed by atoms with Crippen LogP contribution in [0, 0.1) is 11.7 Å². The molecule has 0 spiro atoms. The summed E-state index contributed by atoms with van der Waals surface area (Å²) in [7, 11) is 0. The predicted octanol–water partition coefficient (Wildman–Crippen LogP) is 3.52. The first-order chi connectivity index (χ1) is 11.9. The van der Waals surface area contributed by atoms with Gasteiger partial charge >= 0.3 is 0 Å². The summed E-state index contributed by atoms with van der Waals surface area (Å²) < 4.78 is 14.1. The molecule has 0 atom stereocenters. The van der Waals surface area contributed by atoms with Gasteiger partial charge in [-0.3, -0.25) is 9.69 Å². The zero-order valence-electron chi connectivity index (χ0n) is 15.4. The molecule has 1 amide bonds. The Morgan fingerprint density at radius 2 is 2.08 bits per heavy atom. The summed E-state index contributed by atoms with van der Waals surface area (Å²) in [6.07, 6.45) is 2.69. The van der Waals surface area contributed by atoms with Gasteiger partial charge in [-0.25, -0.2) is 9.38 Å². The molecule has 136 valence electrons. The van der Waals surface area contributed by atoms with Crippen LogP contribution >= 0.6 is 0 Å². The SMILES string of the molecule is CCCCN(CC1=C(C(N)=O)N=C(c2ccccc2F)C1)CC(C)C. The van der Waals surface area contributed by atoms with Crippen molar-refractivity contribution in [2.24, 2.45) is 16.6 Å². The fourth-order valence-corrected chi connectivity index (χ4v) is 3.15. The molecule has 0 saturated carbocycles. The van der Waals surface area contributed by atoms with E-state index < -0.39 is 5.91 Å². The highest BCUT2D eigenvalue weighted by Gasteiger charge is 2.25. The number of hydrogen-bond donors (Lipinski definition) is 1. The average molecular weight is 345 g/mol. The lowest BCUT2D eigenvalue weighted by Crippen LogP contribution is -2.31. The molecule has 1 aliphatic rings. The van der Waals surface area contributed by atoms with Crippen LogP contribution < -0.4 is 5.73 Å².